The van der Waals surface area contributed by atoms with Crippen LogP contribution < -0.4 is 5.56 Å². The summed E-state index contributed by atoms with van der Waals surface area (Å²) in [5, 5.41) is 20.7. The molecule has 6 heteroatoms. The van der Waals surface area contributed by atoms with Crippen LogP contribution in [0.25, 0.3) is 11.0 Å². The van der Waals surface area contributed by atoms with Gasteiger partial charge in [-0.2, -0.15) is 5.26 Å². The number of hydrogen-bond acceptors (Lipinski definition) is 5. The number of carbonyl (C=O) groups is 1. The Kier molecular flexibility index (Phi) is 4.40. The van der Waals surface area contributed by atoms with E-state index in [9.17, 15) is 20.0 Å². The number of nitriles is 1. The Morgan fingerprint density at radius 2 is 1.85 bits per heavy atom. The monoisotopic (exact) mass is 364 g/mol. The molecule has 2 aromatic heterocycles. The fourth-order valence-corrected chi connectivity index (χ4v) is 3.36. The van der Waals surface area contributed by atoms with Gasteiger partial charge in [-0.1, -0.05) is 12.1 Å². The van der Waals surface area contributed by atoms with Gasteiger partial charge in [-0.05, 0) is 51.3 Å². The Bertz CT molecular complexity index is 1210. The van der Waals surface area contributed by atoms with Crippen molar-refractivity contribution in [3.63, 3.8) is 0 Å². The van der Waals surface area contributed by atoms with Gasteiger partial charge in [-0.3, -0.25) is 14.2 Å². The van der Waals surface area contributed by atoms with Gasteiger partial charge in [0.05, 0.1) is 5.56 Å². The van der Waals surface area contributed by atoms with Crippen molar-refractivity contribution in [2.24, 2.45) is 0 Å². The van der Waals surface area contributed by atoms with Crippen molar-refractivity contribution >= 4 is 16.8 Å². The maximum atomic E-state index is 13.2. The lowest BCUT2D eigenvalue weighted by Gasteiger charge is -2.13. The third-order valence-electron chi connectivity index (χ3n) is 5.18. The molecule has 27 heavy (non-hydrogen) atoms. The molecule has 0 bridgehead atoms. The molecule has 1 N–H and O–H groups in total. The highest BCUT2D eigenvalue weighted by atomic mass is 16.3. The third kappa shape index (κ3) is 2.55. The number of carbonyl (C=O) groups excluding carboxylic acids is 1. The molecule has 0 amide bonds. The first-order valence-electron chi connectivity index (χ1n) is 8.64. The van der Waals surface area contributed by atoms with Crippen molar-refractivity contribution in [2.75, 3.05) is 0 Å². The first kappa shape index (κ1) is 18.5. The smallest absolute Gasteiger partial charge is 0.271 e. The number of aryl methyl sites for hydroxylation is 3. The molecule has 3 rings (SSSR count). The summed E-state index contributed by atoms with van der Waals surface area (Å²) in [7, 11) is 0. The minimum Gasteiger partial charge on any atom is -0.494 e. The van der Waals surface area contributed by atoms with Crippen LogP contribution in [0.3, 0.4) is 0 Å². The molecule has 0 fully saturated rings. The highest BCUT2D eigenvalue weighted by Crippen LogP contribution is 2.33. The summed E-state index contributed by atoms with van der Waals surface area (Å²) in [6.07, 6.45) is 0. The van der Waals surface area contributed by atoms with Crippen LogP contribution in [0.4, 0.5) is 0 Å². The van der Waals surface area contributed by atoms with E-state index in [1.807, 2.05) is 32.0 Å². The molecule has 0 spiro atoms. The molecule has 3 aromatic rings. The number of hydrogen-bond donors (Lipinski definition) is 1. The van der Waals surface area contributed by atoms with E-state index >= 15 is 0 Å². The molecule has 0 saturated heterocycles. The van der Waals surface area contributed by atoms with Crippen molar-refractivity contribution in [1.82, 2.24) is 4.57 Å². The summed E-state index contributed by atoms with van der Waals surface area (Å²) in [4.78, 5) is 25.6. The summed E-state index contributed by atoms with van der Waals surface area (Å²) < 4.78 is 6.90. The fourth-order valence-electron chi connectivity index (χ4n) is 3.36. The number of furan rings is 1. The van der Waals surface area contributed by atoms with Crippen LogP contribution in [0.2, 0.25) is 0 Å². The molecule has 0 unspecified atom stereocenters. The fraction of sp³-hybridized carbons (Fsp3) is 0.286. The average Bonchev–Trinajstić information content (AvgIpc) is 2.96. The van der Waals surface area contributed by atoms with Gasteiger partial charge < -0.3 is 9.52 Å². The van der Waals surface area contributed by atoms with Crippen LogP contribution >= 0.6 is 0 Å². The van der Waals surface area contributed by atoms with Gasteiger partial charge in [0.1, 0.15) is 17.2 Å². The minimum absolute atomic E-state index is 0.0791. The highest BCUT2D eigenvalue weighted by molar-refractivity contribution is 6.13. The van der Waals surface area contributed by atoms with Gasteiger partial charge in [-0.15, -0.1) is 0 Å². The number of fused-ring (bicyclic) bond motifs is 1. The molecule has 138 valence electrons. The van der Waals surface area contributed by atoms with Gasteiger partial charge in [0, 0.05) is 17.5 Å². The van der Waals surface area contributed by atoms with Gasteiger partial charge in [0.25, 0.3) is 5.56 Å². The topological polar surface area (TPSA) is 96.2 Å². The molecule has 1 aromatic carbocycles. The van der Waals surface area contributed by atoms with Crippen molar-refractivity contribution in [1.29, 1.82) is 5.26 Å². The van der Waals surface area contributed by atoms with E-state index in [1.165, 1.54) is 6.92 Å². The summed E-state index contributed by atoms with van der Waals surface area (Å²) in [6, 6.07) is 5.70. The second-order valence-corrected chi connectivity index (χ2v) is 6.63. The van der Waals surface area contributed by atoms with Gasteiger partial charge in [0.2, 0.25) is 11.7 Å². The molecule has 0 aliphatic rings. The van der Waals surface area contributed by atoms with Crippen LogP contribution in [0.15, 0.2) is 21.3 Å². The van der Waals surface area contributed by atoms with Gasteiger partial charge >= 0.3 is 0 Å². The number of aromatic nitrogens is 1. The first-order chi connectivity index (χ1) is 12.7. The zero-order valence-electron chi connectivity index (χ0n) is 15.9. The number of benzene rings is 1. The van der Waals surface area contributed by atoms with E-state index in [2.05, 4.69) is 0 Å². The van der Waals surface area contributed by atoms with Crippen molar-refractivity contribution in [3.8, 4) is 11.9 Å². The number of aromatic hydroxyl groups is 1. The van der Waals surface area contributed by atoms with Crippen LogP contribution in [0, 0.1) is 39.0 Å². The molecule has 0 radical (unpaired) electrons. The predicted molar refractivity (Wildman–Crippen MR) is 101 cm³/mol. The van der Waals surface area contributed by atoms with Crippen molar-refractivity contribution in [3.05, 3.63) is 61.6 Å². The lowest BCUT2D eigenvalue weighted by atomic mass is 9.98. The maximum Gasteiger partial charge on any atom is 0.271 e. The van der Waals surface area contributed by atoms with Crippen LogP contribution in [-0.4, -0.2) is 15.5 Å². The van der Waals surface area contributed by atoms with E-state index in [-0.39, 0.29) is 29.0 Å². The summed E-state index contributed by atoms with van der Waals surface area (Å²) in [5.41, 5.74) is 2.57. The quantitative estimate of drug-likeness (QED) is 0.716. The maximum absolute atomic E-state index is 13.2. The van der Waals surface area contributed by atoms with Crippen LogP contribution in [-0.2, 0) is 6.54 Å². The Hall–Kier alpha value is -3.33. The largest absolute Gasteiger partial charge is 0.494 e. The molecule has 0 atom stereocenters. The molecule has 6 nitrogen and oxygen atoms in total. The number of rotatable bonds is 3. The summed E-state index contributed by atoms with van der Waals surface area (Å²) in [6.45, 7) is 8.94. The number of pyridine rings is 1. The highest BCUT2D eigenvalue weighted by Gasteiger charge is 2.28. The SMILES string of the molecule is CCn1c(O)c(C(=O)c2oc3c(C)c(C)ccc3c2C)c(C)c(C#N)c1=O. The predicted octanol–water partition coefficient (Wildman–Crippen LogP) is 3.66. The zero-order chi connectivity index (χ0) is 20.0. The standard InChI is InChI=1S/C21H20N2O4/c1-6-23-20(25)15(9-22)12(4)16(21(23)26)17(24)19-13(5)14-8-7-10(2)11(3)18(14)27-19/h7-8,26H,6H2,1-5H3. The lowest BCUT2D eigenvalue weighted by molar-refractivity contribution is 0.101. The zero-order valence-corrected chi connectivity index (χ0v) is 15.9. The molecular weight excluding hydrogens is 344 g/mol. The minimum atomic E-state index is -0.612. The second kappa shape index (κ2) is 6.44. The van der Waals surface area contributed by atoms with E-state index in [1.54, 1.807) is 13.8 Å². The normalized spacial score (nSPS) is 11.0. The van der Waals surface area contributed by atoms with E-state index < -0.39 is 17.2 Å². The van der Waals surface area contributed by atoms with E-state index in [0.717, 1.165) is 21.1 Å². The molecular formula is C21H20N2O4. The van der Waals surface area contributed by atoms with Gasteiger partial charge in [-0.25, -0.2) is 0 Å². The Balaban J connectivity index is 2.34. The number of nitrogens with zero attached hydrogens (tertiary/aromatic N) is 2. The summed E-state index contributed by atoms with van der Waals surface area (Å²) >= 11 is 0. The Labute approximate surface area is 156 Å². The molecule has 0 saturated carbocycles. The van der Waals surface area contributed by atoms with Gasteiger partial charge in [0.15, 0.2) is 5.76 Å². The first-order valence-corrected chi connectivity index (χ1v) is 8.64. The van der Waals surface area contributed by atoms with Crippen molar-refractivity contribution in [2.45, 2.75) is 41.2 Å². The Morgan fingerprint density at radius 1 is 1.19 bits per heavy atom. The molecule has 0 aliphatic heterocycles. The number of ketones is 1. The van der Waals surface area contributed by atoms with Crippen LogP contribution in [0.5, 0.6) is 5.88 Å². The lowest BCUT2D eigenvalue weighted by Crippen LogP contribution is -2.26. The van der Waals surface area contributed by atoms with Crippen LogP contribution in [0.1, 0.15) is 50.9 Å². The van der Waals surface area contributed by atoms with E-state index in [4.69, 9.17) is 4.42 Å². The van der Waals surface area contributed by atoms with E-state index in [0.29, 0.717) is 11.1 Å². The van der Waals surface area contributed by atoms with Crippen molar-refractivity contribution < 1.29 is 14.3 Å². The molecule has 0 aliphatic carbocycles. The third-order valence-corrected chi connectivity index (χ3v) is 5.18. The second-order valence-electron chi connectivity index (χ2n) is 6.63. The molecule has 2 heterocycles. The Morgan fingerprint density at radius 3 is 2.44 bits per heavy atom. The average molecular weight is 364 g/mol. The summed E-state index contributed by atoms with van der Waals surface area (Å²) in [5.74, 6) is -0.895.